The molecule has 2 amide bonds. The molecule has 0 aliphatic rings. The van der Waals surface area contributed by atoms with E-state index in [0.29, 0.717) is 18.5 Å². The van der Waals surface area contributed by atoms with Crippen LogP contribution in [0, 0.1) is 0 Å². The third kappa shape index (κ3) is 5.92. The number of hydrogen-bond donors (Lipinski definition) is 2. The smallest absolute Gasteiger partial charge is 0.303 e. The van der Waals surface area contributed by atoms with Gasteiger partial charge >= 0.3 is 5.97 Å². The molecule has 0 bridgehead atoms. The van der Waals surface area contributed by atoms with Crippen molar-refractivity contribution in [3.8, 4) is 0 Å². The molecule has 3 aromatic carbocycles. The Morgan fingerprint density at radius 3 is 2.26 bits per heavy atom. The first kappa shape index (κ1) is 22.0. The molecule has 0 aromatic heterocycles. The van der Waals surface area contributed by atoms with Gasteiger partial charge in [-0.1, -0.05) is 60.7 Å². The van der Waals surface area contributed by atoms with Crippen LogP contribution in [0.1, 0.15) is 35.2 Å². The van der Waals surface area contributed by atoms with Gasteiger partial charge in [-0.05, 0) is 47.7 Å². The highest BCUT2D eigenvalue weighted by molar-refractivity contribution is 6.00. The average molecular weight is 418 g/mol. The van der Waals surface area contributed by atoms with Crippen LogP contribution >= 0.6 is 0 Å². The lowest BCUT2D eigenvalue weighted by atomic mass is 10.0. The van der Waals surface area contributed by atoms with Crippen LogP contribution in [0.15, 0.2) is 72.8 Å². The number of hydrogen-bond acceptors (Lipinski definition) is 3. The summed E-state index contributed by atoms with van der Waals surface area (Å²) in [5.74, 6) is -2.06. The molecule has 6 nitrogen and oxygen atoms in total. The molecule has 0 saturated heterocycles. The normalized spacial score (nSPS) is 11.7. The van der Waals surface area contributed by atoms with Crippen molar-refractivity contribution < 1.29 is 19.5 Å². The molecule has 0 aliphatic carbocycles. The number of amides is 2. The number of primary amides is 1. The highest BCUT2D eigenvalue weighted by Gasteiger charge is 2.29. The second-order valence-electron chi connectivity index (χ2n) is 7.50. The molecule has 160 valence electrons. The summed E-state index contributed by atoms with van der Waals surface area (Å²) in [5.41, 5.74) is 7.16. The number of nitrogens with two attached hydrogens (primary N) is 1. The molecule has 31 heavy (non-hydrogen) atoms. The van der Waals surface area contributed by atoms with E-state index in [9.17, 15) is 14.4 Å². The molecule has 0 heterocycles. The van der Waals surface area contributed by atoms with Crippen LogP contribution in [-0.2, 0) is 16.0 Å². The van der Waals surface area contributed by atoms with Crippen molar-refractivity contribution in [2.24, 2.45) is 5.73 Å². The summed E-state index contributed by atoms with van der Waals surface area (Å²) in [6.07, 6.45) is 1.09. The van der Waals surface area contributed by atoms with Gasteiger partial charge in [-0.3, -0.25) is 14.4 Å². The first-order chi connectivity index (χ1) is 15.0. The maximum absolute atomic E-state index is 13.4. The zero-order valence-corrected chi connectivity index (χ0v) is 17.2. The van der Waals surface area contributed by atoms with Crippen molar-refractivity contribution in [1.82, 2.24) is 4.90 Å². The number of carboxylic acid groups (broad SMARTS) is 1. The van der Waals surface area contributed by atoms with Crippen LogP contribution in [-0.4, -0.2) is 40.4 Å². The third-order valence-electron chi connectivity index (χ3n) is 5.30. The maximum Gasteiger partial charge on any atom is 0.303 e. The Morgan fingerprint density at radius 1 is 0.903 bits per heavy atom. The van der Waals surface area contributed by atoms with Crippen LogP contribution in [0.5, 0.6) is 0 Å². The van der Waals surface area contributed by atoms with Gasteiger partial charge in [0.25, 0.3) is 5.91 Å². The summed E-state index contributed by atoms with van der Waals surface area (Å²) in [6.45, 7) is 0.299. The van der Waals surface area contributed by atoms with E-state index in [4.69, 9.17) is 10.8 Å². The molecule has 3 aromatic rings. The number of fused-ring (bicyclic) bond motifs is 1. The minimum Gasteiger partial charge on any atom is -0.481 e. The molecule has 0 fully saturated rings. The first-order valence-corrected chi connectivity index (χ1v) is 10.3. The Morgan fingerprint density at radius 2 is 1.58 bits per heavy atom. The van der Waals surface area contributed by atoms with Gasteiger partial charge in [0.1, 0.15) is 6.04 Å². The quantitative estimate of drug-likeness (QED) is 0.525. The molecule has 0 aliphatic heterocycles. The second-order valence-corrected chi connectivity index (χ2v) is 7.50. The molecule has 3 N–H and O–H groups in total. The van der Waals surface area contributed by atoms with Gasteiger partial charge in [0, 0.05) is 18.5 Å². The minimum absolute atomic E-state index is 0.0185. The molecule has 0 spiro atoms. The Balaban J connectivity index is 1.85. The molecule has 3 rings (SSSR count). The predicted octanol–water partition coefficient (Wildman–Crippen LogP) is 3.63. The van der Waals surface area contributed by atoms with Crippen LogP contribution in [0.25, 0.3) is 10.8 Å². The maximum atomic E-state index is 13.4. The lowest BCUT2D eigenvalue weighted by Crippen LogP contribution is -2.48. The van der Waals surface area contributed by atoms with E-state index >= 15 is 0 Å². The number of aliphatic carboxylic acids is 1. The minimum atomic E-state index is -1.03. The summed E-state index contributed by atoms with van der Waals surface area (Å²) < 4.78 is 0. The number of carbonyl (C=O) groups excluding carboxylic acids is 2. The van der Waals surface area contributed by atoms with Gasteiger partial charge in [-0.15, -0.1) is 0 Å². The Hall–Kier alpha value is -3.67. The summed E-state index contributed by atoms with van der Waals surface area (Å²) in [5, 5.41) is 11.0. The Kier molecular flexibility index (Phi) is 7.38. The summed E-state index contributed by atoms with van der Waals surface area (Å²) >= 11 is 0. The van der Waals surface area contributed by atoms with Crippen molar-refractivity contribution in [2.75, 3.05) is 6.54 Å². The van der Waals surface area contributed by atoms with Crippen LogP contribution in [0.2, 0.25) is 0 Å². The highest BCUT2D eigenvalue weighted by Crippen LogP contribution is 2.20. The van der Waals surface area contributed by atoms with Crippen LogP contribution in [0.4, 0.5) is 0 Å². The van der Waals surface area contributed by atoms with Gasteiger partial charge < -0.3 is 15.7 Å². The van der Waals surface area contributed by atoms with E-state index in [1.54, 1.807) is 12.1 Å². The zero-order chi connectivity index (χ0) is 22.2. The summed E-state index contributed by atoms with van der Waals surface area (Å²) in [6, 6.07) is 21.9. The van der Waals surface area contributed by atoms with Crippen LogP contribution < -0.4 is 5.73 Å². The van der Waals surface area contributed by atoms with E-state index in [-0.39, 0.29) is 18.7 Å². The van der Waals surface area contributed by atoms with Gasteiger partial charge in [-0.2, -0.15) is 0 Å². The fourth-order valence-corrected chi connectivity index (χ4v) is 3.70. The van der Waals surface area contributed by atoms with E-state index in [2.05, 4.69) is 0 Å². The molecule has 0 radical (unpaired) electrons. The van der Waals surface area contributed by atoms with Crippen molar-refractivity contribution in [1.29, 1.82) is 0 Å². The van der Waals surface area contributed by atoms with E-state index in [1.807, 2.05) is 60.7 Å². The molecule has 0 unspecified atom stereocenters. The number of aryl methyl sites for hydroxylation is 1. The lowest BCUT2D eigenvalue weighted by molar-refractivity contribution is -0.137. The SMILES string of the molecule is NC(=O)[C@H](CCC(=O)O)N(CCCc1ccccc1)C(=O)c1ccc2ccccc2c1. The fourth-order valence-electron chi connectivity index (χ4n) is 3.70. The van der Waals surface area contributed by atoms with Crippen molar-refractivity contribution in [3.05, 3.63) is 83.9 Å². The van der Waals surface area contributed by atoms with E-state index in [0.717, 1.165) is 22.8 Å². The van der Waals surface area contributed by atoms with E-state index in [1.165, 1.54) is 4.90 Å². The highest BCUT2D eigenvalue weighted by atomic mass is 16.4. The largest absolute Gasteiger partial charge is 0.481 e. The monoisotopic (exact) mass is 418 g/mol. The molecule has 0 saturated carbocycles. The molecule has 6 heteroatoms. The molecular weight excluding hydrogens is 392 g/mol. The lowest BCUT2D eigenvalue weighted by Gasteiger charge is -2.30. The topological polar surface area (TPSA) is 101 Å². The van der Waals surface area contributed by atoms with Crippen molar-refractivity contribution >= 4 is 28.6 Å². The molecular formula is C25H26N2O4. The number of rotatable bonds is 10. The second kappa shape index (κ2) is 10.4. The van der Waals surface area contributed by atoms with Crippen LogP contribution in [0.3, 0.4) is 0 Å². The van der Waals surface area contributed by atoms with E-state index < -0.39 is 17.9 Å². The first-order valence-electron chi connectivity index (χ1n) is 10.3. The number of nitrogens with zero attached hydrogens (tertiary/aromatic N) is 1. The number of carboxylic acids is 1. The number of carbonyl (C=O) groups is 3. The zero-order valence-electron chi connectivity index (χ0n) is 17.2. The fraction of sp³-hybridized carbons (Fsp3) is 0.240. The Labute approximate surface area is 181 Å². The van der Waals surface area contributed by atoms with Gasteiger partial charge in [0.2, 0.25) is 5.91 Å². The predicted molar refractivity (Wildman–Crippen MR) is 120 cm³/mol. The van der Waals surface area contributed by atoms with Crippen molar-refractivity contribution in [3.63, 3.8) is 0 Å². The third-order valence-corrected chi connectivity index (χ3v) is 5.30. The van der Waals surface area contributed by atoms with Gasteiger partial charge in [0.15, 0.2) is 0 Å². The average Bonchev–Trinajstić information content (AvgIpc) is 2.77. The van der Waals surface area contributed by atoms with Gasteiger partial charge in [0.05, 0.1) is 0 Å². The van der Waals surface area contributed by atoms with Crippen molar-refractivity contribution in [2.45, 2.75) is 31.7 Å². The summed E-state index contributed by atoms with van der Waals surface area (Å²) in [4.78, 5) is 38.1. The number of benzene rings is 3. The van der Waals surface area contributed by atoms with Gasteiger partial charge in [-0.25, -0.2) is 0 Å². The standard InChI is InChI=1S/C25H26N2O4/c26-24(30)22(14-15-23(28)29)27(16-6-9-18-7-2-1-3-8-18)25(31)21-13-12-19-10-4-5-11-20(19)17-21/h1-5,7-8,10-13,17,22H,6,9,14-16H2,(H2,26,30)(H,28,29)/t22-/m0/s1. The summed E-state index contributed by atoms with van der Waals surface area (Å²) in [7, 11) is 0. The Bertz CT molecular complexity index is 1070. The molecule has 1 atom stereocenters.